The topological polar surface area (TPSA) is 99.9 Å². The van der Waals surface area contributed by atoms with Crippen LogP contribution < -0.4 is 10.7 Å². The standard InChI is InChI=1S/C13H19N5O3/c1-17(2)9-3-8-14-13(19)16-15-10-11-4-6-12(7-5-11)18(20)21/h4-7,10H,3,8-9H2,1-2H3,(H2,14,16,19)/b15-10+. The molecule has 2 N–H and O–H groups in total. The lowest BCUT2D eigenvalue weighted by molar-refractivity contribution is -0.384. The van der Waals surface area contributed by atoms with E-state index < -0.39 is 4.92 Å². The third-order valence-electron chi connectivity index (χ3n) is 2.55. The monoisotopic (exact) mass is 293 g/mol. The van der Waals surface area contributed by atoms with E-state index in [4.69, 9.17) is 0 Å². The van der Waals surface area contributed by atoms with Gasteiger partial charge in [-0.15, -0.1) is 0 Å². The molecule has 0 saturated heterocycles. The van der Waals surface area contributed by atoms with Crippen LogP contribution in [0.5, 0.6) is 0 Å². The summed E-state index contributed by atoms with van der Waals surface area (Å²) in [6.45, 7) is 1.46. The molecule has 114 valence electrons. The Kier molecular flexibility index (Phi) is 6.82. The van der Waals surface area contributed by atoms with E-state index in [9.17, 15) is 14.9 Å². The van der Waals surface area contributed by atoms with E-state index in [-0.39, 0.29) is 11.7 Å². The Morgan fingerprint density at radius 3 is 2.62 bits per heavy atom. The number of hydrogen-bond donors (Lipinski definition) is 2. The second-order valence-electron chi connectivity index (χ2n) is 4.63. The van der Waals surface area contributed by atoms with Crippen LogP contribution in [0.25, 0.3) is 0 Å². The molecule has 1 rings (SSSR count). The molecule has 0 atom stereocenters. The number of nitro benzene ring substituents is 1. The smallest absolute Gasteiger partial charge is 0.335 e. The first-order chi connectivity index (χ1) is 9.99. The van der Waals surface area contributed by atoms with Crippen LogP contribution >= 0.6 is 0 Å². The van der Waals surface area contributed by atoms with Crippen molar-refractivity contribution in [1.29, 1.82) is 0 Å². The van der Waals surface area contributed by atoms with Crippen LogP contribution in [0.1, 0.15) is 12.0 Å². The predicted molar refractivity (Wildman–Crippen MR) is 80.4 cm³/mol. The van der Waals surface area contributed by atoms with Crippen LogP contribution in [0, 0.1) is 10.1 Å². The highest BCUT2D eigenvalue weighted by Crippen LogP contribution is 2.10. The third-order valence-corrected chi connectivity index (χ3v) is 2.55. The van der Waals surface area contributed by atoms with Gasteiger partial charge in [-0.2, -0.15) is 5.10 Å². The molecule has 0 aliphatic carbocycles. The van der Waals surface area contributed by atoms with Gasteiger partial charge in [0.1, 0.15) is 0 Å². The average molecular weight is 293 g/mol. The molecule has 0 radical (unpaired) electrons. The van der Waals surface area contributed by atoms with E-state index in [0.29, 0.717) is 12.1 Å². The number of nitro groups is 1. The van der Waals surface area contributed by atoms with Crippen LogP contribution in [0.4, 0.5) is 10.5 Å². The van der Waals surface area contributed by atoms with Crippen LogP contribution in [0.2, 0.25) is 0 Å². The molecule has 0 aliphatic rings. The molecule has 0 heterocycles. The zero-order valence-electron chi connectivity index (χ0n) is 12.1. The van der Waals surface area contributed by atoms with Crippen molar-refractivity contribution in [1.82, 2.24) is 15.6 Å². The summed E-state index contributed by atoms with van der Waals surface area (Å²) in [6.07, 6.45) is 2.27. The van der Waals surface area contributed by atoms with Crippen molar-refractivity contribution in [2.24, 2.45) is 5.10 Å². The summed E-state index contributed by atoms with van der Waals surface area (Å²) in [6, 6.07) is 5.48. The van der Waals surface area contributed by atoms with Gasteiger partial charge in [-0.1, -0.05) is 0 Å². The number of amides is 2. The molecule has 21 heavy (non-hydrogen) atoms. The van der Waals surface area contributed by atoms with Crippen molar-refractivity contribution in [3.8, 4) is 0 Å². The lowest BCUT2D eigenvalue weighted by atomic mass is 10.2. The number of hydrazone groups is 1. The van der Waals surface area contributed by atoms with Crippen LogP contribution in [-0.4, -0.2) is 49.3 Å². The molecule has 0 spiro atoms. The first-order valence-corrected chi connectivity index (χ1v) is 6.45. The Bertz CT molecular complexity index is 499. The Balaban J connectivity index is 2.30. The summed E-state index contributed by atoms with van der Waals surface area (Å²) >= 11 is 0. The van der Waals surface area contributed by atoms with Gasteiger partial charge in [0, 0.05) is 18.7 Å². The fraction of sp³-hybridized carbons (Fsp3) is 0.385. The van der Waals surface area contributed by atoms with Crippen molar-refractivity contribution in [3.63, 3.8) is 0 Å². The lowest BCUT2D eigenvalue weighted by Gasteiger charge is -2.09. The van der Waals surface area contributed by atoms with Gasteiger partial charge < -0.3 is 10.2 Å². The molecule has 0 aliphatic heterocycles. The molecule has 8 nitrogen and oxygen atoms in total. The van der Waals surface area contributed by atoms with Gasteiger partial charge in [-0.25, -0.2) is 10.2 Å². The number of hydrogen-bond acceptors (Lipinski definition) is 5. The molecule has 1 aromatic rings. The summed E-state index contributed by atoms with van der Waals surface area (Å²) in [5, 5.41) is 16.9. The van der Waals surface area contributed by atoms with Crippen LogP contribution in [0.3, 0.4) is 0 Å². The van der Waals surface area contributed by atoms with Gasteiger partial charge in [0.25, 0.3) is 5.69 Å². The zero-order valence-corrected chi connectivity index (χ0v) is 12.1. The second kappa shape index (κ2) is 8.64. The first kappa shape index (κ1) is 16.6. The number of carbonyl (C=O) groups is 1. The molecule has 2 amide bonds. The Morgan fingerprint density at radius 2 is 2.05 bits per heavy atom. The highest BCUT2D eigenvalue weighted by atomic mass is 16.6. The molecular weight excluding hydrogens is 274 g/mol. The number of nitrogens with zero attached hydrogens (tertiary/aromatic N) is 3. The Morgan fingerprint density at radius 1 is 1.38 bits per heavy atom. The van der Waals surface area contributed by atoms with Crippen LogP contribution in [0.15, 0.2) is 29.4 Å². The quantitative estimate of drug-likeness (QED) is 0.341. The molecule has 1 aromatic carbocycles. The van der Waals surface area contributed by atoms with Gasteiger partial charge >= 0.3 is 6.03 Å². The minimum atomic E-state index is -0.472. The molecule has 0 saturated carbocycles. The zero-order chi connectivity index (χ0) is 15.7. The number of rotatable bonds is 7. The van der Waals surface area contributed by atoms with E-state index in [1.54, 1.807) is 12.1 Å². The van der Waals surface area contributed by atoms with Crippen molar-refractivity contribution < 1.29 is 9.72 Å². The number of non-ortho nitro benzene ring substituents is 1. The first-order valence-electron chi connectivity index (χ1n) is 6.45. The maximum atomic E-state index is 11.4. The van der Waals surface area contributed by atoms with E-state index in [1.807, 2.05) is 19.0 Å². The molecular formula is C13H19N5O3. The van der Waals surface area contributed by atoms with Crippen molar-refractivity contribution in [3.05, 3.63) is 39.9 Å². The van der Waals surface area contributed by atoms with E-state index >= 15 is 0 Å². The molecule has 8 heteroatoms. The van der Waals surface area contributed by atoms with Crippen molar-refractivity contribution in [2.75, 3.05) is 27.2 Å². The van der Waals surface area contributed by atoms with Gasteiger partial charge in [0.15, 0.2) is 0 Å². The minimum Gasteiger partial charge on any atom is -0.337 e. The Hall–Kier alpha value is -2.48. The number of benzene rings is 1. The number of urea groups is 1. The van der Waals surface area contributed by atoms with Gasteiger partial charge in [0.2, 0.25) is 0 Å². The molecule has 0 fully saturated rings. The SMILES string of the molecule is CN(C)CCCNC(=O)N/N=C/c1ccc([N+](=O)[O-])cc1. The molecule has 0 bridgehead atoms. The van der Waals surface area contributed by atoms with Crippen LogP contribution in [-0.2, 0) is 0 Å². The Labute approximate surface area is 123 Å². The summed E-state index contributed by atoms with van der Waals surface area (Å²) in [5.41, 5.74) is 3.00. The molecule has 0 unspecified atom stereocenters. The minimum absolute atomic E-state index is 0.0127. The maximum Gasteiger partial charge on any atom is 0.335 e. The number of nitrogens with one attached hydrogen (secondary N) is 2. The van der Waals surface area contributed by atoms with Gasteiger partial charge in [-0.3, -0.25) is 10.1 Å². The highest BCUT2D eigenvalue weighted by molar-refractivity contribution is 5.82. The normalized spacial score (nSPS) is 10.8. The van der Waals surface area contributed by atoms with Crippen molar-refractivity contribution in [2.45, 2.75) is 6.42 Å². The lowest BCUT2D eigenvalue weighted by Crippen LogP contribution is -2.34. The largest absolute Gasteiger partial charge is 0.337 e. The van der Waals surface area contributed by atoms with E-state index in [0.717, 1.165) is 13.0 Å². The van der Waals surface area contributed by atoms with E-state index in [2.05, 4.69) is 15.8 Å². The summed E-state index contributed by atoms with van der Waals surface area (Å²) in [7, 11) is 3.93. The summed E-state index contributed by atoms with van der Waals surface area (Å²) in [4.78, 5) is 23.4. The van der Waals surface area contributed by atoms with Crippen molar-refractivity contribution >= 4 is 17.9 Å². The fourth-order valence-electron chi connectivity index (χ4n) is 1.48. The highest BCUT2D eigenvalue weighted by Gasteiger charge is 2.02. The average Bonchev–Trinajstić information content (AvgIpc) is 2.44. The summed E-state index contributed by atoms with van der Waals surface area (Å²) in [5.74, 6) is 0. The predicted octanol–water partition coefficient (Wildman–Crippen LogP) is 1.18. The maximum absolute atomic E-state index is 11.4. The number of carbonyl (C=O) groups excluding carboxylic acids is 1. The summed E-state index contributed by atoms with van der Waals surface area (Å²) < 4.78 is 0. The second-order valence-corrected chi connectivity index (χ2v) is 4.63. The van der Waals surface area contributed by atoms with E-state index in [1.165, 1.54) is 18.3 Å². The van der Waals surface area contributed by atoms with Gasteiger partial charge in [0.05, 0.1) is 11.1 Å². The third kappa shape index (κ3) is 7.02. The van der Waals surface area contributed by atoms with Gasteiger partial charge in [-0.05, 0) is 44.8 Å². The molecule has 0 aromatic heterocycles. The fourth-order valence-corrected chi connectivity index (χ4v) is 1.48.